The summed E-state index contributed by atoms with van der Waals surface area (Å²) in [5.41, 5.74) is 6.83. The van der Waals surface area contributed by atoms with Crippen LogP contribution in [0.5, 0.6) is 0 Å². The molecule has 0 bridgehead atoms. The summed E-state index contributed by atoms with van der Waals surface area (Å²) in [5, 5.41) is 6.87. The van der Waals surface area contributed by atoms with Crippen LogP contribution in [0.4, 0.5) is 19.0 Å². The molecule has 202 valence electrons. The molecule has 1 amide bonds. The number of likely N-dealkylation sites (tertiary alicyclic amines) is 1. The number of benzene rings is 1. The van der Waals surface area contributed by atoms with Crippen LogP contribution in [-0.4, -0.2) is 57.4 Å². The largest absolute Gasteiger partial charge is 0.384 e. The van der Waals surface area contributed by atoms with E-state index < -0.39 is 23.1 Å². The first kappa shape index (κ1) is 27.3. The van der Waals surface area contributed by atoms with Gasteiger partial charge in [0.2, 0.25) is 5.82 Å². The maximum absolute atomic E-state index is 15.4. The third kappa shape index (κ3) is 6.58. The van der Waals surface area contributed by atoms with Crippen molar-refractivity contribution in [1.82, 2.24) is 24.8 Å². The molecule has 2 aromatic heterocycles. The fourth-order valence-corrected chi connectivity index (χ4v) is 4.35. The SMILES string of the molecule is CC(C)=CC(N)=Nc1nc(C(F)(F)c2ccc(F)cc2)nn2cc(C(=O)NCCCN3CCCCC3)cc12. The van der Waals surface area contributed by atoms with E-state index in [0.29, 0.717) is 6.54 Å². The van der Waals surface area contributed by atoms with Crippen molar-refractivity contribution in [2.45, 2.75) is 45.5 Å². The van der Waals surface area contributed by atoms with Crippen LogP contribution in [0.15, 0.2) is 53.2 Å². The van der Waals surface area contributed by atoms with Crippen LogP contribution >= 0.6 is 0 Å². The molecule has 4 rings (SSSR count). The van der Waals surface area contributed by atoms with Crippen molar-refractivity contribution in [2.75, 3.05) is 26.2 Å². The lowest BCUT2D eigenvalue weighted by atomic mass is 10.1. The highest BCUT2D eigenvalue weighted by Crippen LogP contribution is 2.35. The molecule has 1 aliphatic rings. The highest BCUT2D eigenvalue weighted by Gasteiger charge is 2.39. The number of amidine groups is 1. The smallest absolute Gasteiger partial charge is 0.333 e. The Morgan fingerprint density at radius 1 is 1.18 bits per heavy atom. The molecule has 38 heavy (non-hydrogen) atoms. The molecule has 3 N–H and O–H groups in total. The summed E-state index contributed by atoms with van der Waals surface area (Å²) in [6.07, 6.45) is 7.42. The lowest BCUT2D eigenvalue weighted by Crippen LogP contribution is -2.33. The van der Waals surface area contributed by atoms with Crippen molar-refractivity contribution in [3.63, 3.8) is 0 Å². The van der Waals surface area contributed by atoms with Gasteiger partial charge in [-0.1, -0.05) is 12.0 Å². The fourth-order valence-electron chi connectivity index (χ4n) is 4.35. The van der Waals surface area contributed by atoms with Gasteiger partial charge in [-0.25, -0.2) is 18.9 Å². The molecule has 1 aromatic carbocycles. The van der Waals surface area contributed by atoms with Crippen molar-refractivity contribution in [2.24, 2.45) is 10.7 Å². The number of nitrogens with two attached hydrogens (primary N) is 1. The Bertz CT molecular complexity index is 1340. The number of amides is 1. The number of carbonyl (C=O) groups excluding carboxylic acids is 1. The van der Waals surface area contributed by atoms with Gasteiger partial charge >= 0.3 is 5.92 Å². The first-order valence-electron chi connectivity index (χ1n) is 12.7. The van der Waals surface area contributed by atoms with Gasteiger partial charge in [0.15, 0.2) is 5.82 Å². The quantitative estimate of drug-likeness (QED) is 0.241. The van der Waals surface area contributed by atoms with Crippen LogP contribution in [0.25, 0.3) is 5.52 Å². The minimum absolute atomic E-state index is 0.0616. The highest BCUT2D eigenvalue weighted by molar-refractivity contribution is 5.98. The summed E-state index contributed by atoms with van der Waals surface area (Å²) in [6, 6.07) is 5.33. The van der Waals surface area contributed by atoms with E-state index in [1.54, 1.807) is 6.08 Å². The molecular weight excluding hydrogens is 495 g/mol. The van der Waals surface area contributed by atoms with E-state index in [0.717, 1.165) is 60.4 Å². The van der Waals surface area contributed by atoms with E-state index in [2.05, 4.69) is 25.3 Å². The Morgan fingerprint density at radius 2 is 1.89 bits per heavy atom. The number of nitrogens with one attached hydrogen (secondary N) is 1. The van der Waals surface area contributed by atoms with E-state index in [4.69, 9.17) is 5.73 Å². The van der Waals surface area contributed by atoms with E-state index in [-0.39, 0.29) is 28.6 Å². The Hall–Kier alpha value is -3.73. The number of aromatic nitrogens is 3. The Morgan fingerprint density at radius 3 is 2.58 bits per heavy atom. The second-order valence-electron chi connectivity index (χ2n) is 9.67. The number of fused-ring (bicyclic) bond motifs is 1. The molecule has 1 aliphatic heterocycles. The monoisotopic (exact) mass is 527 g/mol. The Labute approximate surface area is 219 Å². The number of piperidine rings is 1. The molecule has 11 heteroatoms. The molecule has 3 heterocycles. The predicted molar refractivity (Wildman–Crippen MR) is 140 cm³/mol. The maximum Gasteiger partial charge on any atom is 0.333 e. The van der Waals surface area contributed by atoms with Gasteiger partial charge in [0, 0.05) is 18.3 Å². The summed E-state index contributed by atoms with van der Waals surface area (Å²) >= 11 is 0. The Balaban J connectivity index is 1.62. The van der Waals surface area contributed by atoms with E-state index >= 15 is 8.78 Å². The van der Waals surface area contributed by atoms with Crippen LogP contribution in [0, 0.1) is 5.82 Å². The molecule has 0 saturated carbocycles. The van der Waals surface area contributed by atoms with Crippen LogP contribution in [0.3, 0.4) is 0 Å². The standard InChI is InChI=1S/C27H32F3N7O/c1-18(2)15-23(31)33-24-22-16-19(25(38)32-11-6-14-36-12-4-3-5-13-36)17-37(22)35-26(34-24)27(29,30)20-7-9-21(28)10-8-20/h7-10,15-17H,3-6,11-14H2,1-2H3,(H,32,38)(H2,31,33,34,35). The van der Waals surface area contributed by atoms with Crippen molar-refractivity contribution in [3.8, 4) is 0 Å². The minimum Gasteiger partial charge on any atom is -0.384 e. The van der Waals surface area contributed by atoms with Gasteiger partial charge in [-0.2, -0.15) is 8.78 Å². The third-order valence-corrected chi connectivity index (χ3v) is 6.25. The Kier molecular flexibility index (Phi) is 8.45. The number of halogens is 3. The first-order chi connectivity index (χ1) is 18.1. The average Bonchev–Trinajstić information content (AvgIpc) is 3.32. The number of alkyl halides is 2. The number of allylic oxidation sites excluding steroid dienone is 1. The number of aliphatic imine (C=N–C) groups is 1. The predicted octanol–water partition coefficient (Wildman–Crippen LogP) is 4.57. The zero-order valence-electron chi connectivity index (χ0n) is 21.6. The molecule has 0 atom stereocenters. The highest BCUT2D eigenvalue weighted by atomic mass is 19.3. The molecule has 0 radical (unpaired) electrons. The zero-order chi connectivity index (χ0) is 27.3. The van der Waals surface area contributed by atoms with Crippen LogP contribution in [-0.2, 0) is 5.92 Å². The molecule has 1 saturated heterocycles. The van der Waals surface area contributed by atoms with E-state index in [1.807, 2.05) is 13.8 Å². The van der Waals surface area contributed by atoms with Crippen LogP contribution < -0.4 is 11.1 Å². The lowest BCUT2D eigenvalue weighted by Gasteiger charge is -2.26. The number of carbonyl (C=O) groups is 1. The molecule has 0 spiro atoms. The maximum atomic E-state index is 15.4. The summed E-state index contributed by atoms with van der Waals surface area (Å²) in [7, 11) is 0. The van der Waals surface area contributed by atoms with Crippen molar-refractivity contribution in [1.29, 1.82) is 0 Å². The molecule has 8 nitrogen and oxygen atoms in total. The summed E-state index contributed by atoms with van der Waals surface area (Å²) in [4.78, 5) is 23.5. The van der Waals surface area contributed by atoms with Crippen molar-refractivity contribution < 1.29 is 18.0 Å². The molecule has 3 aromatic rings. The van der Waals surface area contributed by atoms with Gasteiger partial charge in [-0.05, 0) is 89.2 Å². The second kappa shape index (κ2) is 11.8. The summed E-state index contributed by atoms with van der Waals surface area (Å²) < 4.78 is 45.2. The summed E-state index contributed by atoms with van der Waals surface area (Å²) in [5.74, 6) is -5.56. The topological polar surface area (TPSA) is 101 Å². The third-order valence-electron chi connectivity index (χ3n) is 6.25. The molecule has 0 unspecified atom stereocenters. The number of hydrogen-bond acceptors (Lipinski definition) is 5. The molecule has 1 fully saturated rings. The minimum atomic E-state index is -3.65. The zero-order valence-corrected chi connectivity index (χ0v) is 21.6. The van der Waals surface area contributed by atoms with Crippen LogP contribution in [0.2, 0.25) is 0 Å². The fraction of sp³-hybridized carbons (Fsp3) is 0.407. The molecule has 0 aliphatic carbocycles. The number of rotatable bonds is 9. The number of hydrogen-bond donors (Lipinski definition) is 2. The van der Waals surface area contributed by atoms with Crippen molar-refractivity contribution >= 4 is 23.1 Å². The lowest BCUT2D eigenvalue weighted by molar-refractivity contribution is 0.0315. The van der Waals surface area contributed by atoms with Crippen molar-refractivity contribution in [3.05, 3.63) is 70.9 Å². The van der Waals surface area contributed by atoms with Gasteiger partial charge in [-0.3, -0.25) is 4.79 Å². The van der Waals surface area contributed by atoms with Gasteiger partial charge in [0.25, 0.3) is 5.91 Å². The normalized spacial score (nSPS) is 15.0. The van der Waals surface area contributed by atoms with Gasteiger partial charge in [0.1, 0.15) is 17.2 Å². The van der Waals surface area contributed by atoms with Crippen LogP contribution in [0.1, 0.15) is 61.3 Å². The summed E-state index contributed by atoms with van der Waals surface area (Å²) in [6.45, 7) is 7.20. The van der Waals surface area contributed by atoms with Gasteiger partial charge in [-0.15, -0.1) is 5.10 Å². The van der Waals surface area contributed by atoms with E-state index in [9.17, 15) is 9.18 Å². The van der Waals surface area contributed by atoms with Gasteiger partial charge in [0.05, 0.1) is 5.56 Å². The second-order valence-corrected chi connectivity index (χ2v) is 9.67. The van der Waals surface area contributed by atoms with Gasteiger partial charge < -0.3 is 16.0 Å². The average molecular weight is 528 g/mol. The number of nitrogens with zero attached hydrogens (tertiary/aromatic N) is 5. The first-order valence-corrected chi connectivity index (χ1v) is 12.7. The van der Waals surface area contributed by atoms with E-state index in [1.165, 1.54) is 31.5 Å². The molecular formula is C27H32F3N7O.